The van der Waals surface area contributed by atoms with Crippen LogP contribution in [0, 0.1) is 0 Å². The highest BCUT2D eigenvalue weighted by molar-refractivity contribution is 6.30. The van der Waals surface area contributed by atoms with E-state index in [2.05, 4.69) is 5.32 Å². The van der Waals surface area contributed by atoms with Gasteiger partial charge in [0.1, 0.15) is 0 Å². The second-order valence-electron chi connectivity index (χ2n) is 4.65. The molecule has 0 aliphatic carbocycles. The molecule has 0 bridgehead atoms. The summed E-state index contributed by atoms with van der Waals surface area (Å²) in [5.74, 6) is 0.0294. The number of nitrogens with two attached hydrogens (primary N) is 1. The molecule has 2 rings (SSSR count). The van der Waals surface area contributed by atoms with Gasteiger partial charge in [0.15, 0.2) is 0 Å². The number of amides is 1. The van der Waals surface area contributed by atoms with Crippen LogP contribution in [0.4, 0.5) is 5.69 Å². The number of benzene rings is 2. The highest BCUT2D eigenvalue weighted by Crippen LogP contribution is 2.11. The number of aryl methyl sites for hydroxylation is 1. The third-order valence-corrected chi connectivity index (χ3v) is 3.23. The quantitative estimate of drug-likeness (QED) is 0.830. The Morgan fingerprint density at radius 2 is 1.85 bits per heavy atom. The zero-order valence-corrected chi connectivity index (χ0v) is 11.9. The summed E-state index contributed by atoms with van der Waals surface area (Å²) < 4.78 is 0. The van der Waals surface area contributed by atoms with Crippen LogP contribution in [0.15, 0.2) is 48.5 Å². The first-order valence-corrected chi connectivity index (χ1v) is 6.87. The Hall–Kier alpha value is -2.00. The SMILES string of the molecule is Nc1ccc(CCC(=O)NCc2cccc(Cl)c2)cc1. The molecule has 0 saturated heterocycles. The standard InChI is InChI=1S/C16H17ClN2O/c17-14-3-1-2-13(10-14)11-19-16(20)9-6-12-4-7-15(18)8-5-12/h1-5,7-8,10H,6,9,11,18H2,(H,19,20). The van der Waals surface area contributed by atoms with Gasteiger partial charge in [0.25, 0.3) is 0 Å². The molecule has 0 spiro atoms. The van der Waals surface area contributed by atoms with Crippen LogP contribution in [0.1, 0.15) is 17.5 Å². The van der Waals surface area contributed by atoms with Crippen molar-refractivity contribution in [3.05, 3.63) is 64.7 Å². The molecule has 3 nitrogen and oxygen atoms in total. The van der Waals surface area contributed by atoms with Gasteiger partial charge in [-0.3, -0.25) is 4.79 Å². The molecular weight excluding hydrogens is 272 g/mol. The first-order valence-electron chi connectivity index (χ1n) is 6.49. The molecule has 3 N–H and O–H groups in total. The maximum atomic E-state index is 11.8. The number of rotatable bonds is 5. The molecule has 0 aromatic heterocycles. The largest absolute Gasteiger partial charge is 0.399 e. The molecule has 0 fully saturated rings. The van der Waals surface area contributed by atoms with Crippen LogP contribution in [0.3, 0.4) is 0 Å². The Bertz CT molecular complexity index is 581. The average molecular weight is 289 g/mol. The van der Waals surface area contributed by atoms with Gasteiger partial charge in [-0.2, -0.15) is 0 Å². The second-order valence-corrected chi connectivity index (χ2v) is 5.08. The third-order valence-electron chi connectivity index (χ3n) is 3.00. The van der Waals surface area contributed by atoms with E-state index in [9.17, 15) is 4.79 Å². The van der Waals surface area contributed by atoms with E-state index in [1.54, 1.807) is 0 Å². The van der Waals surface area contributed by atoms with E-state index in [1.165, 1.54) is 0 Å². The van der Waals surface area contributed by atoms with Crippen molar-refractivity contribution in [1.82, 2.24) is 5.32 Å². The van der Waals surface area contributed by atoms with Crippen molar-refractivity contribution in [3.8, 4) is 0 Å². The Morgan fingerprint density at radius 3 is 2.55 bits per heavy atom. The number of anilines is 1. The maximum Gasteiger partial charge on any atom is 0.220 e. The summed E-state index contributed by atoms with van der Waals surface area (Å²) in [6, 6.07) is 15.1. The molecule has 0 unspecified atom stereocenters. The predicted octanol–water partition coefficient (Wildman–Crippen LogP) is 3.17. The second kappa shape index (κ2) is 6.96. The van der Waals surface area contributed by atoms with Gasteiger partial charge < -0.3 is 11.1 Å². The molecule has 20 heavy (non-hydrogen) atoms. The molecule has 0 heterocycles. The van der Waals surface area contributed by atoms with E-state index < -0.39 is 0 Å². The van der Waals surface area contributed by atoms with Gasteiger partial charge in [-0.15, -0.1) is 0 Å². The van der Waals surface area contributed by atoms with Crippen LogP contribution in [0.5, 0.6) is 0 Å². The van der Waals surface area contributed by atoms with Crippen molar-refractivity contribution in [1.29, 1.82) is 0 Å². The maximum absolute atomic E-state index is 11.8. The Labute approximate surface area is 123 Å². The highest BCUT2D eigenvalue weighted by Gasteiger charge is 2.03. The van der Waals surface area contributed by atoms with Gasteiger partial charge in [-0.25, -0.2) is 0 Å². The summed E-state index contributed by atoms with van der Waals surface area (Å²) in [5.41, 5.74) is 8.46. The normalized spacial score (nSPS) is 10.2. The number of carbonyl (C=O) groups is 1. The molecule has 4 heteroatoms. The highest BCUT2D eigenvalue weighted by atomic mass is 35.5. The van der Waals surface area contributed by atoms with E-state index >= 15 is 0 Å². The lowest BCUT2D eigenvalue weighted by Crippen LogP contribution is -2.22. The van der Waals surface area contributed by atoms with Gasteiger partial charge in [0, 0.05) is 23.7 Å². The molecule has 0 saturated carbocycles. The number of hydrogen-bond acceptors (Lipinski definition) is 2. The molecule has 104 valence electrons. The van der Waals surface area contributed by atoms with Crippen LogP contribution in [-0.2, 0) is 17.8 Å². The van der Waals surface area contributed by atoms with Crippen LogP contribution in [-0.4, -0.2) is 5.91 Å². The van der Waals surface area contributed by atoms with Crippen LogP contribution in [0.2, 0.25) is 5.02 Å². The fourth-order valence-corrected chi connectivity index (χ4v) is 2.09. The Kier molecular flexibility index (Phi) is 5.02. The lowest BCUT2D eigenvalue weighted by Gasteiger charge is -2.06. The summed E-state index contributed by atoms with van der Waals surface area (Å²) in [5, 5.41) is 3.56. The number of carbonyl (C=O) groups excluding carboxylic acids is 1. The molecule has 0 radical (unpaired) electrons. The number of nitrogens with one attached hydrogen (secondary N) is 1. The first kappa shape index (κ1) is 14.4. The van der Waals surface area contributed by atoms with Crippen molar-refractivity contribution < 1.29 is 4.79 Å². The third kappa shape index (κ3) is 4.59. The van der Waals surface area contributed by atoms with Crippen LogP contribution >= 0.6 is 11.6 Å². The summed E-state index contributed by atoms with van der Waals surface area (Å²) >= 11 is 5.89. The topological polar surface area (TPSA) is 55.1 Å². The fraction of sp³-hybridized carbons (Fsp3) is 0.188. The minimum absolute atomic E-state index is 0.0294. The van der Waals surface area contributed by atoms with Crippen LogP contribution < -0.4 is 11.1 Å². The minimum Gasteiger partial charge on any atom is -0.399 e. The van der Waals surface area contributed by atoms with Gasteiger partial charge in [-0.1, -0.05) is 35.9 Å². The number of hydrogen-bond donors (Lipinski definition) is 2. The number of nitrogen functional groups attached to an aromatic ring is 1. The van der Waals surface area contributed by atoms with Crippen molar-refractivity contribution >= 4 is 23.2 Å². The summed E-state index contributed by atoms with van der Waals surface area (Å²) in [7, 11) is 0. The lowest BCUT2D eigenvalue weighted by molar-refractivity contribution is -0.121. The van der Waals surface area contributed by atoms with Gasteiger partial charge >= 0.3 is 0 Å². The van der Waals surface area contributed by atoms with E-state index in [4.69, 9.17) is 17.3 Å². The summed E-state index contributed by atoms with van der Waals surface area (Å²) in [6.45, 7) is 0.501. The van der Waals surface area contributed by atoms with Crippen molar-refractivity contribution in [2.45, 2.75) is 19.4 Å². The van der Waals surface area contributed by atoms with Crippen molar-refractivity contribution in [3.63, 3.8) is 0 Å². The zero-order valence-electron chi connectivity index (χ0n) is 11.1. The molecule has 0 atom stereocenters. The fourth-order valence-electron chi connectivity index (χ4n) is 1.88. The lowest BCUT2D eigenvalue weighted by atomic mass is 10.1. The van der Waals surface area contributed by atoms with E-state index in [-0.39, 0.29) is 5.91 Å². The molecule has 0 aliphatic rings. The van der Waals surface area contributed by atoms with E-state index in [0.29, 0.717) is 24.4 Å². The minimum atomic E-state index is 0.0294. The molecule has 1 amide bonds. The van der Waals surface area contributed by atoms with Gasteiger partial charge in [0.05, 0.1) is 0 Å². The molecular formula is C16H17ClN2O. The zero-order chi connectivity index (χ0) is 14.4. The summed E-state index contributed by atoms with van der Waals surface area (Å²) in [4.78, 5) is 11.8. The van der Waals surface area contributed by atoms with Crippen molar-refractivity contribution in [2.24, 2.45) is 0 Å². The van der Waals surface area contributed by atoms with E-state index in [1.807, 2.05) is 48.5 Å². The molecule has 2 aromatic carbocycles. The Morgan fingerprint density at radius 1 is 1.10 bits per heavy atom. The number of halogens is 1. The first-order chi connectivity index (χ1) is 9.63. The monoisotopic (exact) mass is 288 g/mol. The van der Waals surface area contributed by atoms with E-state index in [0.717, 1.165) is 16.8 Å². The van der Waals surface area contributed by atoms with Crippen molar-refractivity contribution in [2.75, 3.05) is 5.73 Å². The Balaban J connectivity index is 1.77. The predicted molar refractivity (Wildman–Crippen MR) is 82.5 cm³/mol. The van der Waals surface area contributed by atoms with Gasteiger partial charge in [-0.05, 0) is 41.8 Å². The van der Waals surface area contributed by atoms with Gasteiger partial charge in [0.2, 0.25) is 5.91 Å². The molecule has 2 aromatic rings. The molecule has 0 aliphatic heterocycles. The smallest absolute Gasteiger partial charge is 0.220 e. The summed E-state index contributed by atoms with van der Waals surface area (Å²) in [6.07, 6.45) is 1.17. The average Bonchev–Trinajstić information content (AvgIpc) is 2.45. The van der Waals surface area contributed by atoms with Crippen LogP contribution in [0.25, 0.3) is 0 Å².